The molecule has 3 aliphatic rings. The second-order valence-electron chi connectivity index (χ2n) is 13.1. The molecule has 52 heavy (non-hydrogen) atoms. The highest BCUT2D eigenvalue weighted by molar-refractivity contribution is 8.03. The van der Waals surface area contributed by atoms with Gasteiger partial charge < -0.3 is 13.7 Å². The summed E-state index contributed by atoms with van der Waals surface area (Å²) in [7, 11) is 1.71. The summed E-state index contributed by atoms with van der Waals surface area (Å²) in [5.74, 6) is 0.839. The minimum Gasteiger partial charge on any atom is -0.497 e. The van der Waals surface area contributed by atoms with Gasteiger partial charge in [0.05, 0.1) is 18.5 Å². The number of nitrogens with zero attached hydrogens (tertiary/aromatic N) is 3. The van der Waals surface area contributed by atoms with Crippen molar-refractivity contribution in [3.05, 3.63) is 225 Å². The predicted octanol–water partition coefficient (Wildman–Crippen LogP) is 7.75. The fourth-order valence-corrected chi connectivity index (χ4v) is 8.85. The van der Waals surface area contributed by atoms with E-state index in [1.807, 2.05) is 12.1 Å². The van der Waals surface area contributed by atoms with Gasteiger partial charge in [-0.05, 0) is 76.8 Å². The summed E-state index contributed by atoms with van der Waals surface area (Å²) in [6.07, 6.45) is 2.29. The maximum Gasteiger partial charge on any atom is 0.420 e. The molecule has 2 aromatic heterocycles. The highest BCUT2D eigenvalue weighted by Gasteiger charge is 2.38. The van der Waals surface area contributed by atoms with Crippen molar-refractivity contribution in [3.8, 4) is 5.75 Å². The van der Waals surface area contributed by atoms with Gasteiger partial charge in [-0.25, -0.2) is 4.99 Å². The van der Waals surface area contributed by atoms with Crippen molar-refractivity contribution in [2.45, 2.75) is 4.90 Å². The molecule has 6 heteroatoms. The van der Waals surface area contributed by atoms with Gasteiger partial charge in [0.2, 0.25) is 0 Å². The molecule has 10 rings (SSSR count). The Morgan fingerprint density at radius 2 is 1.04 bits per heavy atom. The summed E-state index contributed by atoms with van der Waals surface area (Å²) in [6.45, 7) is -0.150. The van der Waals surface area contributed by atoms with E-state index in [1.54, 1.807) is 18.9 Å². The first-order valence-electron chi connectivity index (χ1n) is 17.5. The van der Waals surface area contributed by atoms with E-state index < -0.39 is 0 Å². The van der Waals surface area contributed by atoms with E-state index in [9.17, 15) is 0 Å². The molecule has 0 aliphatic carbocycles. The summed E-state index contributed by atoms with van der Waals surface area (Å²) in [5, 5.41) is 2.31. The zero-order chi connectivity index (χ0) is 34.6. The van der Waals surface area contributed by atoms with Crippen LogP contribution in [-0.2, 0) is 0 Å². The second-order valence-corrected chi connectivity index (χ2v) is 14.2. The molecule has 5 aromatic carbocycles. The van der Waals surface area contributed by atoms with Crippen LogP contribution in [0, 0.1) is 0 Å². The highest BCUT2D eigenvalue weighted by Crippen LogP contribution is 2.44. The monoisotopic (exact) mass is 685 g/mol. The molecule has 4 bridgehead atoms. The summed E-state index contributed by atoms with van der Waals surface area (Å²) >= 11 is 1.75. The molecule has 7 aromatic rings. The molecular weight excluding hydrogens is 653 g/mol. The summed E-state index contributed by atoms with van der Waals surface area (Å²) in [4.78, 5) is 7.87. The van der Waals surface area contributed by atoms with Crippen LogP contribution in [0.4, 0.5) is 0 Å². The largest absolute Gasteiger partial charge is 0.497 e. The zero-order valence-corrected chi connectivity index (χ0v) is 29.3. The Labute approximate surface area is 307 Å². The first kappa shape index (κ1) is 30.6. The molecule has 0 fully saturated rings. The number of benzene rings is 5. The number of rotatable bonds is 7. The van der Waals surface area contributed by atoms with Crippen LogP contribution in [0.5, 0.6) is 5.75 Å². The number of ether oxygens (including phenoxy) is 1. The van der Waals surface area contributed by atoms with Crippen LogP contribution in [0.2, 0.25) is 0 Å². The SMILES string of the molecule is COc1ccc(SC2=CC3=NC2=C(c2ccccc2)c2ccc4n2B(c2ccccc2)n2c(ccc2=C4c2ccccc2)=C3c2ccccc2)cc1. The van der Waals surface area contributed by atoms with E-state index in [-0.39, 0.29) is 6.98 Å². The third-order valence-electron chi connectivity index (χ3n) is 10.1. The first-order chi connectivity index (χ1) is 25.8. The average Bonchev–Trinajstić information content (AvgIpc) is 3.94. The third kappa shape index (κ3) is 4.90. The van der Waals surface area contributed by atoms with Gasteiger partial charge in [-0.15, -0.1) is 0 Å². The molecular formula is C46H32BN3OS. The third-order valence-corrected chi connectivity index (χ3v) is 11.2. The molecule has 0 atom stereocenters. The number of aromatic nitrogens is 2. The Hall–Kier alpha value is -6.24. The van der Waals surface area contributed by atoms with Gasteiger partial charge >= 0.3 is 6.98 Å². The lowest BCUT2D eigenvalue weighted by atomic mass is 9.64. The van der Waals surface area contributed by atoms with Crippen molar-refractivity contribution in [3.63, 3.8) is 0 Å². The molecule has 0 unspecified atom stereocenters. The standard InChI is InChI=1S/C46H32BN3OS/c1-51-35-22-24-36(25-23-35)52-42-30-37-43(31-14-6-2-7-15-31)38-26-27-39-44(32-16-8-3-9-17-32)40-28-29-41(45(46(42)48-37)33-18-10-4-11-19-33)50(40)47(49(38)39)34-20-12-5-13-21-34/h2-30H,1H3. The van der Waals surface area contributed by atoms with Gasteiger partial charge in [-0.3, -0.25) is 0 Å². The molecule has 5 heterocycles. The Balaban J connectivity index is 1.39. The number of allylic oxidation sites excluding steroid dienone is 1. The number of hydrogen-bond donors (Lipinski definition) is 0. The summed E-state index contributed by atoms with van der Waals surface area (Å²) in [5.41, 5.74) is 12.3. The van der Waals surface area contributed by atoms with Crippen LogP contribution < -0.4 is 20.9 Å². The van der Waals surface area contributed by atoms with Crippen molar-refractivity contribution in [1.29, 1.82) is 0 Å². The Morgan fingerprint density at radius 1 is 0.519 bits per heavy atom. The van der Waals surface area contributed by atoms with Crippen molar-refractivity contribution in [1.82, 2.24) is 8.96 Å². The van der Waals surface area contributed by atoms with E-state index >= 15 is 0 Å². The molecule has 0 N–H and O–H groups in total. The van der Waals surface area contributed by atoms with Crippen LogP contribution in [-0.4, -0.2) is 28.8 Å². The minimum absolute atomic E-state index is 0.150. The lowest BCUT2D eigenvalue weighted by Crippen LogP contribution is -2.57. The molecule has 3 aliphatic heterocycles. The van der Waals surface area contributed by atoms with Crippen molar-refractivity contribution >= 4 is 46.6 Å². The van der Waals surface area contributed by atoms with Crippen LogP contribution in [0.15, 0.2) is 196 Å². The van der Waals surface area contributed by atoms with Gasteiger partial charge in [0.1, 0.15) is 5.75 Å². The van der Waals surface area contributed by atoms with Gasteiger partial charge in [0, 0.05) is 48.6 Å². The van der Waals surface area contributed by atoms with E-state index in [0.29, 0.717) is 0 Å². The average molecular weight is 686 g/mol. The summed E-state index contributed by atoms with van der Waals surface area (Å²) < 4.78 is 10.6. The lowest BCUT2D eigenvalue weighted by Gasteiger charge is -2.31. The maximum absolute atomic E-state index is 5.64. The second kappa shape index (κ2) is 12.5. The predicted molar refractivity (Wildman–Crippen MR) is 215 cm³/mol. The van der Waals surface area contributed by atoms with E-state index in [0.717, 1.165) is 60.3 Å². The zero-order valence-electron chi connectivity index (χ0n) is 28.5. The molecule has 0 saturated carbocycles. The van der Waals surface area contributed by atoms with Crippen LogP contribution >= 0.6 is 11.8 Å². The Kier molecular flexibility index (Phi) is 7.36. The lowest BCUT2D eigenvalue weighted by molar-refractivity contribution is 0.414. The van der Waals surface area contributed by atoms with Crippen LogP contribution in [0.3, 0.4) is 0 Å². The molecule has 4 nitrogen and oxygen atoms in total. The minimum atomic E-state index is -0.150. The first-order valence-corrected chi connectivity index (χ1v) is 18.3. The van der Waals surface area contributed by atoms with Gasteiger partial charge in [0.25, 0.3) is 0 Å². The van der Waals surface area contributed by atoms with Crippen molar-refractivity contribution in [2.75, 3.05) is 7.11 Å². The molecule has 0 saturated heterocycles. The van der Waals surface area contributed by atoms with Gasteiger partial charge in [-0.1, -0.05) is 133 Å². The molecule has 246 valence electrons. The van der Waals surface area contributed by atoms with Crippen LogP contribution in [0.25, 0.3) is 16.7 Å². The fourth-order valence-electron chi connectivity index (χ4n) is 7.91. The Morgan fingerprint density at radius 3 is 1.63 bits per heavy atom. The Bertz CT molecular complexity index is 2710. The number of methoxy groups -OCH3 is 1. The molecule has 0 spiro atoms. The summed E-state index contributed by atoms with van der Waals surface area (Å²) in [6, 6.07) is 60.8. The number of hydrogen-bond acceptors (Lipinski definition) is 3. The number of thioether (sulfide) groups is 1. The molecule has 0 amide bonds. The molecule has 0 radical (unpaired) electrons. The van der Waals surface area contributed by atoms with E-state index in [4.69, 9.17) is 9.73 Å². The highest BCUT2D eigenvalue weighted by atomic mass is 32.2. The van der Waals surface area contributed by atoms with E-state index in [1.165, 1.54) is 27.6 Å². The van der Waals surface area contributed by atoms with Crippen molar-refractivity contribution in [2.24, 2.45) is 4.99 Å². The van der Waals surface area contributed by atoms with Crippen molar-refractivity contribution < 1.29 is 4.74 Å². The van der Waals surface area contributed by atoms with Gasteiger partial charge in [-0.2, -0.15) is 0 Å². The number of fused-ring (bicyclic) bond motifs is 1. The normalized spacial score (nSPS) is 14.4. The maximum atomic E-state index is 5.64. The van der Waals surface area contributed by atoms with Crippen LogP contribution in [0.1, 0.15) is 28.1 Å². The van der Waals surface area contributed by atoms with E-state index in [2.05, 4.69) is 173 Å². The smallest absolute Gasteiger partial charge is 0.420 e. The quantitative estimate of drug-likeness (QED) is 0.161. The number of aliphatic imine (C=N–C) groups is 1. The van der Waals surface area contributed by atoms with Gasteiger partial charge in [0.15, 0.2) is 0 Å². The topological polar surface area (TPSA) is 31.4 Å². The fraction of sp³-hybridized carbons (Fsp3) is 0.0217.